The van der Waals surface area contributed by atoms with Crippen molar-refractivity contribution in [1.82, 2.24) is 15.0 Å². The van der Waals surface area contributed by atoms with Crippen molar-refractivity contribution < 1.29 is 4.42 Å². The van der Waals surface area contributed by atoms with Gasteiger partial charge in [-0.1, -0.05) is 121 Å². The fraction of sp³-hybridized carbons (Fsp3) is 0. The van der Waals surface area contributed by atoms with Gasteiger partial charge in [-0.15, -0.1) is 11.3 Å². The van der Waals surface area contributed by atoms with Crippen molar-refractivity contribution in [3.8, 4) is 56.4 Å². The Hall–Kier alpha value is -6.43. The summed E-state index contributed by atoms with van der Waals surface area (Å²) in [5.74, 6) is 1.87. The van der Waals surface area contributed by atoms with E-state index in [1.807, 2.05) is 72.0 Å². The molecule has 0 unspecified atom stereocenters. The highest BCUT2D eigenvalue weighted by molar-refractivity contribution is 7.26. The van der Waals surface area contributed by atoms with E-state index in [0.29, 0.717) is 17.5 Å². The first-order valence-corrected chi connectivity index (χ1v) is 17.4. The molecule has 0 N–H and O–H groups in total. The molecule has 0 aliphatic carbocycles. The van der Waals surface area contributed by atoms with Crippen LogP contribution >= 0.6 is 11.3 Å². The number of nitrogens with zero attached hydrogens (tertiary/aromatic N) is 3. The first-order chi connectivity index (χ1) is 24.7. The van der Waals surface area contributed by atoms with Crippen molar-refractivity contribution in [3.63, 3.8) is 0 Å². The van der Waals surface area contributed by atoms with Gasteiger partial charge in [0.25, 0.3) is 0 Å². The maximum absolute atomic E-state index is 6.63. The van der Waals surface area contributed by atoms with Crippen molar-refractivity contribution >= 4 is 53.4 Å². The van der Waals surface area contributed by atoms with Crippen LogP contribution in [0.25, 0.3) is 98.5 Å². The number of aromatic nitrogens is 3. The van der Waals surface area contributed by atoms with Gasteiger partial charge in [-0.25, -0.2) is 15.0 Å². The van der Waals surface area contributed by atoms with Gasteiger partial charge >= 0.3 is 0 Å². The summed E-state index contributed by atoms with van der Waals surface area (Å²) in [4.78, 5) is 14.7. The third-order valence-electron chi connectivity index (χ3n) is 9.33. The molecule has 0 saturated carbocycles. The van der Waals surface area contributed by atoms with Crippen molar-refractivity contribution in [2.45, 2.75) is 0 Å². The summed E-state index contributed by atoms with van der Waals surface area (Å²) < 4.78 is 9.20. The van der Waals surface area contributed by atoms with Gasteiger partial charge < -0.3 is 4.42 Å². The van der Waals surface area contributed by atoms with E-state index in [0.717, 1.165) is 44.2 Å². The summed E-state index contributed by atoms with van der Waals surface area (Å²) in [5.41, 5.74) is 9.12. The van der Waals surface area contributed by atoms with Gasteiger partial charge in [-0.2, -0.15) is 0 Å². The highest BCUT2D eigenvalue weighted by Crippen LogP contribution is 2.44. The van der Waals surface area contributed by atoms with Crippen molar-refractivity contribution in [2.75, 3.05) is 0 Å². The average molecular weight is 658 g/mol. The zero-order chi connectivity index (χ0) is 33.0. The van der Waals surface area contributed by atoms with Crippen LogP contribution in [0.2, 0.25) is 0 Å². The molecule has 0 radical (unpaired) electrons. The number of benzene rings is 7. The zero-order valence-corrected chi connectivity index (χ0v) is 27.6. The van der Waals surface area contributed by atoms with E-state index in [1.165, 1.54) is 36.9 Å². The van der Waals surface area contributed by atoms with Crippen LogP contribution in [0, 0.1) is 0 Å². The van der Waals surface area contributed by atoms with Crippen LogP contribution in [0.1, 0.15) is 0 Å². The summed E-state index contributed by atoms with van der Waals surface area (Å²) in [7, 11) is 0. The van der Waals surface area contributed by atoms with E-state index in [-0.39, 0.29) is 0 Å². The standard InChI is InChI=1S/C45H27N3OS/c1-4-12-28(13-5-1)33-24-37(42-36-18-10-11-19-40(36)50-41(42)27-33)31-20-22-34-35-23-21-32(26-39(35)49-38(34)25-31)45-47-43(29-14-6-2-7-15-29)46-44(48-45)30-16-8-3-9-17-30/h1-27H. The summed E-state index contributed by atoms with van der Waals surface area (Å²) in [6, 6.07) is 56.9. The highest BCUT2D eigenvalue weighted by atomic mass is 32.1. The predicted octanol–water partition coefficient (Wildman–Crippen LogP) is 12.5. The van der Waals surface area contributed by atoms with Crippen LogP contribution in [0.4, 0.5) is 0 Å². The normalized spacial score (nSPS) is 11.6. The molecule has 0 aliphatic heterocycles. The molecular weight excluding hydrogens is 631 g/mol. The van der Waals surface area contributed by atoms with Crippen LogP contribution in [-0.4, -0.2) is 15.0 Å². The predicted molar refractivity (Wildman–Crippen MR) is 207 cm³/mol. The SMILES string of the molecule is c1ccc(-c2cc(-c3ccc4c(c3)oc3cc(-c5nc(-c6ccccc6)nc(-c6ccccc6)n5)ccc34)c3c(c2)sc2ccccc23)cc1. The second-order valence-electron chi connectivity index (χ2n) is 12.4. The van der Waals surface area contributed by atoms with Crippen LogP contribution in [0.5, 0.6) is 0 Å². The first-order valence-electron chi connectivity index (χ1n) is 16.6. The molecule has 5 heteroatoms. The summed E-state index contributed by atoms with van der Waals surface area (Å²) >= 11 is 1.85. The number of hydrogen-bond acceptors (Lipinski definition) is 5. The van der Waals surface area contributed by atoms with E-state index in [9.17, 15) is 0 Å². The molecule has 0 aliphatic rings. The van der Waals surface area contributed by atoms with Crippen LogP contribution in [0.15, 0.2) is 168 Å². The van der Waals surface area contributed by atoms with Gasteiger partial charge in [-0.05, 0) is 64.7 Å². The maximum Gasteiger partial charge on any atom is 0.164 e. The van der Waals surface area contributed by atoms with E-state index in [2.05, 4.69) is 103 Å². The lowest BCUT2D eigenvalue weighted by molar-refractivity contribution is 0.669. The van der Waals surface area contributed by atoms with E-state index >= 15 is 0 Å². The molecule has 0 atom stereocenters. The molecule has 0 bridgehead atoms. The summed E-state index contributed by atoms with van der Waals surface area (Å²) in [6.07, 6.45) is 0. The third kappa shape index (κ3) is 4.87. The Morgan fingerprint density at radius 3 is 1.52 bits per heavy atom. The molecule has 50 heavy (non-hydrogen) atoms. The quantitative estimate of drug-likeness (QED) is 0.185. The number of hydrogen-bond donors (Lipinski definition) is 0. The third-order valence-corrected chi connectivity index (χ3v) is 10.4. The van der Waals surface area contributed by atoms with Crippen LogP contribution < -0.4 is 0 Å². The van der Waals surface area contributed by atoms with Crippen LogP contribution in [0.3, 0.4) is 0 Å². The number of thiophene rings is 1. The first kappa shape index (κ1) is 28.6. The molecule has 10 aromatic rings. The average Bonchev–Trinajstić information content (AvgIpc) is 3.76. The maximum atomic E-state index is 6.63. The van der Waals surface area contributed by atoms with Gasteiger partial charge in [0.2, 0.25) is 0 Å². The Balaban J connectivity index is 1.12. The lowest BCUT2D eigenvalue weighted by atomic mass is 9.94. The molecule has 3 aromatic heterocycles. The Morgan fingerprint density at radius 2 is 0.880 bits per heavy atom. The largest absolute Gasteiger partial charge is 0.456 e. The van der Waals surface area contributed by atoms with Crippen molar-refractivity contribution in [3.05, 3.63) is 164 Å². The van der Waals surface area contributed by atoms with Gasteiger partial charge in [-0.3, -0.25) is 0 Å². The number of rotatable bonds is 5. The van der Waals surface area contributed by atoms with Crippen molar-refractivity contribution in [1.29, 1.82) is 0 Å². The Kier molecular flexibility index (Phi) is 6.64. The van der Waals surface area contributed by atoms with Gasteiger partial charge in [0, 0.05) is 47.6 Å². The molecule has 0 fully saturated rings. The molecule has 7 aromatic carbocycles. The Bertz CT molecular complexity index is 2800. The van der Waals surface area contributed by atoms with Gasteiger partial charge in [0.05, 0.1) is 0 Å². The van der Waals surface area contributed by atoms with E-state index in [1.54, 1.807) is 0 Å². The second-order valence-corrected chi connectivity index (χ2v) is 13.5. The second kappa shape index (κ2) is 11.6. The minimum absolute atomic E-state index is 0.602. The summed E-state index contributed by atoms with van der Waals surface area (Å²) in [6.45, 7) is 0. The molecule has 3 heterocycles. The fourth-order valence-corrected chi connectivity index (χ4v) is 8.07. The Morgan fingerprint density at radius 1 is 0.360 bits per heavy atom. The monoisotopic (exact) mass is 657 g/mol. The van der Waals surface area contributed by atoms with E-state index in [4.69, 9.17) is 19.4 Å². The molecule has 10 rings (SSSR count). The molecular formula is C45H27N3OS. The van der Waals surface area contributed by atoms with Gasteiger partial charge in [0.1, 0.15) is 11.2 Å². The van der Waals surface area contributed by atoms with E-state index < -0.39 is 0 Å². The highest BCUT2D eigenvalue weighted by Gasteiger charge is 2.17. The number of furan rings is 1. The minimum atomic E-state index is 0.602. The molecule has 0 saturated heterocycles. The molecule has 4 nitrogen and oxygen atoms in total. The fourth-order valence-electron chi connectivity index (χ4n) is 6.90. The molecule has 234 valence electrons. The molecule has 0 spiro atoms. The topological polar surface area (TPSA) is 51.8 Å². The van der Waals surface area contributed by atoms with Gasteiger partial charge in [0.15, 0.2) is 17.5 Å². The number of fused-ring (bicyclic) bond motifs is 6. The van der Waals surface area contributed by atoms with Crippen LogP contribution in [-0.2, 0) is 0 Å². The lowest BCUT2D eigenvalue weighted by Crippen LogP contribution is -2.00. The summed E-state index contributed by atoms with van der Waals surface area (Å²) in [5, 5.41) is 4.69. The molecule has 0 amide bonds. The smallest absolute Gasteiger partial charge is 0.164 e. The van der Waals surface area contributed by atoms with Crippen molar-refractivity contribution in [2.24, 2.45) is 0 Å². The zero-order valence-electron chi connectivity index (χ0n) is 26.7. The Labute approximate surface area is 292 Å². The minimum Gasteiger partial charge on any atom is -0.456 e. The lowest BCUT2D eigenvalue weighted by Gasteiger charge is -2.10.